The third-order valence-electron chi connectivity index (χ3n) is 6.09. The van der Waals surface area contributed by atoms with E-state index in [0.29, 0.717) is 24.2 Å². The van der Waals surface area contributed by atoms with Gasteiger partial charge in [-0.25, -0.2) is 0 Å². The Hall–Kier alpha value is -1.43. The predicted octanol–water partition coefficient (Wildman–Crippen LogP) is 5.40. The summed E-state index contributed by atoms with van der Waals surface area (Å²) in [4.78, 5) is 16.8. The SMILES string of the molecule is CC(C)CNCc1noc([C@H](CCCC2CCCCC2)C(C(=O)O)C(C)(C)C)n1. The first-order valence-corrected chi connectivity index (χ1v) is 11.4. The summed E-state index contributed by atoms with van der Waals surface area (Å²) < 4.78 is 5.59. The van der Waals surface area contributed by atoms with Crippen LogP contribution in [0.5, 0.6) is 0 Å². The minimum absolute atomic E-state index is 0.248. The van der Waals surface area contributed by atoms with Crippen LogP contribution in [-0.4, -0.2) is 27.8 Å². The smallest absolute Gasteiger partial charge is 0.307 e. The molecule has 1 fully saturated rings. The highest BCUT2D eigenvalue weighted by Crippen LogP contribution is 2.41. The van der Waals surface area contributed by atoms with Gasteiger partial charge in [0, 0.05) is 0 Å². The summed E-state index contributed by atoms with van der Waals surface area (Å²) in [5.41, 5.74) is -0.383. The molecule has 2 rings (SSSR count). The number of carbonyl (C=O) groups is 1. The second-order valence-electron chi connectivity index (χ2n) is 10.3. The lowest BCUT2D eigenvalue weighted by molar-refractivity contribution is -0.147. The van der Waals surface area contributed by atoms with Gasteiger partial charge in [0.15, 0.2) is 5.82 Å². The van der Waals surface area contributed by atoms with E-state index in [-0.39, 0.29) is 11.3 Å². The summed E-state index contributed by atoms with van der Waals surface area (Å²) in [5.74, 6) is 0.853. The average molecular weight is 408 g/mol. The minimum Gasteiger partial charge on any atom is -0.481 e. The standard InChI is InChI=1S/C23H41N3O3/c1-16(2)14-24-15-19-25-21(29-26-19)18(20(22(27)28)23(3,4)5)13-9-12-17-10-7-6-8-11-17/h16-18,20,24H,6-15H2,1-5H3,(H,27,28)/t18-,20?/m1/s1. The number of nitrogens with one attached hydrogen (secondary N) is 1. The van der Waals surface area contributed by atoms with E-state index in [4.69, 9.17) is 4.52 Å². The third-order valence-corrected chi connectivity index (χ3v) is 6.09. The molecule has 0 spiro atoms. The number of hydrogen-bond acceptors (Lipinski definition) is 5. The predicted molar refractivity (Wildman–Crippen MR) is 115 cm³/mol. The largest absolute Gasteiger partial charge is 0.481 e. The normalized spacial score (nSPS) is 18.1. The van der Waals surface area contributed by atoms with Crippen LogP contribution in [0.3, 0.4) is 0 Å². The molecule has 1 saturated carbocycles. The highest BCUT2D eigenvalue weighted by molar-refractivity contribution is 5.72. The van der Waals surface area contributed by atoms with Gasteiger partial charge in [-0.1, -0.05) is 84.7 Å². The Morgan fingerprint density at radius 2 is 1.93 bits per heavy atom. The Morgan fingerprint density at radius 3 is 2.52 bits per heavy atom. The zero-order valence-electron chi connectivity index (χ0n) is 19.0. The van der Waals surface area contributed by atoms with Crippen molar-refractivity contribution in [3.05, 3.63) is 11.7 Å². The Morgan fingerprint density at radius 1 is 1.24 bits per heavy atom. The molecule has 166 valence electrons. The van der Waals surface area contributed by atoms with Gasteiger partial charge in [-0.2, -0.15) is 4.98 Å². The van der Waals surface area contributed by atoms with Crippen LogP contribution in [0.15, 0.2) is 4.52 Å². The van der Waals surface area contributed by atoms with Crippen molar-refractivity contribution < 1.29 is 14.4 Å². The van der Waals surface area contributed by atoms with Gasteiger partial charge in [0.2, 0.25) is 5.89 Å². The Labute approximate surface area is 176 Å². The van der Waals surface area contributed by atoms with Gasteiger partial charge in [0.25, 0.3) is 0 Å². The summed E-state index contributed by atoms with van der Waals surface area (Å²) >= 11 is 0. The van der Waals surface area contributed by atoms with Crippen molar-refractivity contribution in [3.8, 4) is 0 Å². The Bertz CT molecular complexity index is 615. The number of nitrogens with zero attached hydrogens (tertiary/aromatic N) is 2. The molecular formula is C23H41N3O3. The molecule has 6 nitrogen and oxygen atoms in total. The van der Waals surface area contributed by atoms with Crippen molar-refractivity contribution in [2.75, 3.05) is 6.54 Å². The molecule has 0 radical (unpaired) electrons. The molecule has 6 heteroatoms. The fraction of sp³-hybridized carbons (Fsp3) is 0.870. The maximum Gasteiger partial charge on any atom is 0.307 e. The molecule has 1 unspecified atom stereocenters. The van der Waals surface area contributed by atoms with E-state index >= 15 is 0 Å². The fourth-order valence-corrected chi connectivity index (χ4v) is 4.64. The van der Waals surface area contributed by atoms with E-state index < -0.39 is 11.9 Å². The zero-order valence-corrected chi connectivity index (χ0v) is 19.0. The van der Waals surface area contributed by atoms with Crippen LogP contribution in [0.4, 0.5) is 0 Å². The highest BCUT2D eigenvalue weighted by atomic mass is 16.5. The van der Waals surface area contributed by atoms with Crippen LogP contribution in [0.2, 0.25) is 0 Å². The van der Waals surface area contributed by atoms with Crippen molar-refractivity contribution in [1.29, 1.82) is 0 Å². The maximum atomic E-state index is 12.2. The summed E-state index contributed by atoms with van der Waals surface area (Å²) in [5, 5.41) is 17.4. The van der Waals surface area contributed by atoms with Crippen molar-refractivity contribution in [2.45, 2.75) is 98.4 Å². The molecular weight excluding hydrogens is 366 g/mol. The van der Waals surface area contributed by atoms with E-state index in [1.807, 2.05) is 20.8 Å². The van der Waals surface area contributed by atoms with Crippen molar-refractivity contribution in [3.63, 3.8) is 0 Å². The summed E-state index contributed by atoms with van der Waals surface area (Å²) in [6.45, 7) is 11.7. The van der Waals surface area contributed by atoms with Gasteiger partial charge in [-0.3, -0.25) is 4.79 Å². The minimum atomic E-state index is -0.780. The van der Waals surface area contributed by atoms with Crippen LogP contribution in [0, 0.1) is 23.2 Å². The number of aliphatic carboxylic acids is 1. The molecule has 0 bridgehead atoms. The van der Waals surface area contributed by atoms with E-state index in [1.54, 1.807) is 0 Å². The van der Waals surface area contributed by atoms with Gasteiger partial charge in [0.1, 0.15) is 0 Å². The zero-order chi connectivity index (χ0) is 21.4. The van der Waals surface area contributed by atoms with Gasteiger partial charge in [-0.15, -0.1) is 0 Å². The molecule has 1 heterocycles. The lowest BCUT2D eigenvalue weighted by Gasteiger charge is -2.32. The lowest BCUT2D eigenvalue weighted by atomic mass is 9.71. The van der Waals surface area contributed by atoms with E-state index in [9.17, 15) is 9.90 Å². The first-order chi connectivity index (χ1) is 13.7. The highest BCUT2D eigenvalue weighted by Gasteiger charge is 2.41. The van der Waals surface area contributed by atoms with Crippen LogP contribution in [0.1, 0.15) is 104 Å². The molecule has 1 aliphatic carbocycles. The number of carboxylic acid groups (broad SMARTS) is 1. The monoisotopic (exact) mass is 407 g/mol. The molecule has 1 aromatic heterocycles. The molecule has 1 aliphatic rings. The molecule has 1 aromatic rings. The molecule has 0 aliphatic heterocycles. The second-order valence-corrected chi connectivity index (χ2v) is 10.3. The summed E-state index contributed by atoms with van der Waals surface area (Å²) in [6, 6.07) is 0. The van der Waals surface area contributed by atoms with Crippen LogP contribution >= 0.6 is 0 Å². The first kappa shape index (κ1) is 23.8. The third kappa shape index (κ3) is 7.72. The number of rotatable bonds is 11. The summed E-state index contributed by atoms with van der Waals surface area (Å²) in [6.07, 6.45) is 9.64. The average Bonchev–Trinajstić information content (AvgIpc) is 3.08. The van der Waals surface area contributed by atoms with Crippen LogP contribution in [-0.2, 0) is 11.3 Å². The van der Waals surface area contributed by atoms with Crippen molar-refractivity contribution >= 4 is 5.97 Å². The van der Waals surface area contributed by atoms with E-state index in [1.165, 1.54) is 38.5 Å². The number of aromatic nitrogens is 2. The van der Waals surface area contributed by atoms with Gasteiger partial charge < -0.3 is 14.9 Å². The first-order valence-electron chi connectivity index (χ1n) is 11.4. The van der Waals surface area contributed by atoms with Crippen molar-refractivity contribution in [2.24, 2.45) is 23.2 Å². The molecule has 0 saturated heterocycles. The van der Waals surface area contributed by atoms with E-state index in [2.05, 4.69) is 29.3 Å². The van der Waals surface area contributed by atoms with E-state index in [0.717, 1.165) is 25.3 Å². The number of carboxylic acids is 1. The summed E-state index contributed by atoms with van der Waals surface area (Å²) in [7, 11) is 0. The van der Waals surface area contributed by atoms with Crippen molar-refractivity contribution in [1.82, 2.24) is 15.5 Å². The molecule has 2 atom stereocenters. The second kappa shape index (κ2) is 11.1. The van der Waals surface area contributed by atoms with Gasteiger partial charge >= 0.3 is 5.97 Å². The fourth-order valence-electron chi connectivity index (χ4n) is 4.64. The molecule has 2 N–H and O–H groups in total. The maximum absolute atomic E-state index is 12.2. The molecule has 0 aromatic carbocycles. The van der Waals surface area contributed by atoms with Crippen LogP contribution in [0.25, 0.3) is 0 Å². The topological polar surface area (TPSA) is 88.2 Å². The van der Waals surface area contributed by atoms with Crippen LogP contribution < -0.4 is 5.32 Å². The van der Waals surface area contributed by atoms with Gasteiger partial charge in [-0.05, 0) is 30.2 Å². The quantitative estimate of drug-likeness (QED) is 0.511. The van der Waals surface area contributed by atoms with Gasteiger partial charge in [0.05, 0.1) is 18.4 Å². The molecule has 29 heavy (non-hydrogen) atoms. The Balaban J connectivity index is 2.09. The lowest BCUT2D eigenvalue weighted by Crippen LogP contribution is -2.34. The number of hydrogen-bond donors (Lipinski definition) is 2. The molecule has 0 amide bonds. The Kier molecular flexibility index (Phi) is 9.12.